The van der Waals surface area contributed by atoms with E-state index in [0.29, 0.717) is 11.8 Å². The van der Waals surface area contributed by atoms with Crippen molar-refractivity contribution in [3.05, 3.63) is 39.9 Å². The fourth-order valence-electron chi connectivity index (χ4n) is 4.49. The summed E-state index contributed by atoms with van der Waals surface area (Å²) in [5.74, 6) is 1.02. The van der Waals surface area contributed by atoms with Gasteiger partial charge in [-0.05, 0) is 69.1 Å². The predicted octanol–water partition coefficient (Wildman–Crippen LogP) is 3.10. The number of nitrogens with two attached hydrogens (primary N) is 1. The van der Waals surface area contributed by atoms with Crippen molar-refractivity contribution >= 4 is 11.6 Å². The molecule has 0 radical (unpaired) electrons. The summed E-state index contributed by atoms with van der Waals surface area (Å²) < 4.78 is 0. The molecule has 2 saturated carbocycles. The Morgan fingerprint density at radius 3 is 2.28 bits per heavy atom. The lowest BCUT2D eigenvalue weighted by Gasteiger charge is -2.44. The van der Waals surface area contributed by atoms with Gasteiger partial charge in [-0.1, -0.05) is 6.42 Å². The Balaban J connectivity index is 1.68. The third kappa shape index (κ3) is 3.68. The van der Waals surface area contributed by atoms with Crippen LogP contribution >= 0.6 is 0 Å². The van der Waals surface area contributed by atoms with Crippen molar-refractivity contribution < 1.29 is 9.72 Å². The van der Waals surface area contributed by atoms with Crippen LogP contribution in [-0.2, 0) is 10.3 Å². The summed E-state index contributed by atoms with van der Waals surface area (Å²) in [6, 6.07) is 6.63. The molecule has 1 amide bonds. The van der Waals surface area contributed by atoms with Crippen molar-refractivity contribution in [1.29, 1.82) is 0 Å². The van der Waals surface area contributed by atoms with Crippen LogP contribution in [0.2, 0.25) is 0 Å². The summed E-state index contributed by atoms with van der Waals surface area (Å²) >= 11 is 0. The zero-order valence-electron chi connectivity index (χ0n) is 14.9. The molecule has 6 nitrogen and oxygen atoms in total. The Hall–Kier alpha value is -1.95. The van der Waals surface area contributed by atoms with Gasteiger partial charge in [0.15, 0.2) is 0 Å². The van der Waals surface area contributed by atoms with Gasteiger partial charge in [-0.3, -0.25) is 14.9 Å². The number of hydrogen-bond acceptors (Lipinski definition) is 4. The Bertz CT molecular complexity index is 642. The van der Waals surface area contributed by atoms with E-state index in [1.807, 2.05) is 13.8 Å². The first-order valence-corrected chi connectivity index (χ1v) is 9.10. The molecule has 1 aromatic rings. The second-order valence-corrected chi connectivity index (χ2v) is 8.11. The van der Waals surface area contributed by atoms with Gasteiger partial charge in [-0.15, -0.1) is 0 Å². The first-order valence-electron chi connectivity index (χ1n) is 9.10. The third-order valence-electron chi connectivity index (χ3n) is 6.02. The fraction of sp³-hybridized carbons (Fsp3) is 0.632. The molecule has 2 aliphatic rings. The number of amides is 1. The zero-order valence-corrected chi connectivity index (χ0v) is 14.9. The van der Waals surface area contributed by atoms with Gasteiger partial charge in [0.05, 0.1) is 10.5 Å². The van der Waals surface area contributed by atoms with Crippen LogP contribution in [0.25, 0.3) is 0 Å². The molecule has 1 aromatic carbocycles. The monoisotopic (exact) mass is 345 g/mol. The Morgan fingerprint density at radius 2 is 1.76 bits per heavy atom. The van der Waals surface area contributed by atoms with Crippen LogP contribution in [0.3, 0.4) is 0 Å². The number of carbonyl (C=O) groups excluding carboxylic acids is 1. The minimum Gasteiger partial charge on any atom is -0.347 e. The van der Waals surface area contributed by atoms with E-state index in [9.17, 15) is 14.9 Å². The molecule has 2 bridgehead atoms. The van der Waals surface area contributed by atoms with E-state index in [2.05, 4.69) is 5.32 Å². The van der Waals surface area contributed by atoms with Crippen molar-refractivity contribution in [1.82, 2.24) is 5.32 Å². The van der Waals surface area contributed by atoms with E-state index < -0.39 is 10.5 Å². The van der Waals surface area contributed by atoms with Crippen LogP contribution in [0.15, 0.2) is 24.3 Å². The molecule has 3 N–H and O–H groups in total. The molecule has 6 heteroatoms. The highest BCUT2D eigenvalue weighted by Crippen LogP contribution is 2.42. The molecule has 25 heavy (non-hydrogen) atoms. The SMILES string of the molecule is CC(C)(NC(=O)C1CC2CCCC(C1)C2N)c1ccc([N+](=O)[O-])cc1. The number of nitrogens with one attached hydrogen (secondary N) is 1. The second-order valence-electron chi connectivity index (χ2n) is 8.11. The molecule has 0 aliphatic heterocycles. The van der Waals surface area contributed by atoms with Crippen LogP contribution < -0.4 is 11.1 Å². The number of fused-ring (bicyclic) bond motifs is 2. The first kappa shape index (κ1) is 17.9. The summed E-state index contributed by atoms with van der Waals surface area (Å²) in [6.45, 7) is 3.86. The maximum absolute atomic E-state index is 12.8. The quantitative estimate of drug-likeness (QED) is 0.647. The Labute approximate surface area is 148 Å². The predicted molar refractivity (Wildman–Crippen MR) is 95.8 cm³/mol. The van der Waals surface area contributed by atoms with E-state index in [-0.39, 0.29) is 23.6 Å². The topological polar surface area (TPSA) is 98.3 Å². The summed E-state index contributed by atoms with van der Waals surface area (Å²) in [5.41, 5.74) is 6.66. The number of non-ortho nitro benzene ring substituents is 1. The van der Waals surface area contributed by atoms with Gasteiger partial charge in [0.2, 0.25) is 5.91 Å². The van der Waals surface area contributed by atoms with Crippen molar-refractivity contribution in [3.8, 4) is 0 Å². The molecule has 2 fully saturated rings. The summed E-state index contributed by atoms with van der Waals surface area (Å²) in [6.07, 6.45) is 5.24. The van der Waals surface area contributed by atoms with Crippen molar-refractivity contribution in [2.45, 2.75) is 57.5 Å². The Kier molecular flexibility index (Phi) is 4.82. The first-order chi connectivity index (χ1) is 11.8. The van der Waals surface area contributed by atoms with Crippen molar-refractivity contribution in [3.63, 3.8) is 0 Å². The van der Waals surface area contributed by atoms with Gasteiger partial charge in [0.1, 0.15) is 0 Å². The van der Waals surface area contributed by atoms with Crippen LogP contribution in [0.1, 0.15) is 51.5 Å². The Morgan fingerprint density at radius 1 is 1.20 bits per heavy atom. The molecule has 2 atom stereocenters. The summed E-state index contributed by atoms with van der Waals surface area (Å²) in [4.78, 5) is 23.2. The minimum absolute atomic E-state index is 0.0208. The van der Waals surface area contributed by atoms with E-state index in [4.69, 9.17) is 5.73 Å². The number of nitro groups is 1. The van der Waals surface area contributed by atoms with Gasteiger partial charge in [0, 0.05) is 24.1 Å². The highest BCUT2D eigenvalue weighted by atomic mass is 16.6. The lowest BCUT2D eigenvalue weighted by molar-refractivity contribution is -0.384. The number of nitro benzene ring substituents is 1. The lowest BCUT2D eigenvalue weighted by atomic mass is 9.65. The molecule has 136 valence electrons. The third-order valence-corrected chi connectivity index (χ3v) is 6.02. The maximum Gasteiger partial charge on any atom is 0.269 e. The molecular formula is C19H27N3O3. The normalized spacial score (nSPS) is 29.1. The van der Waals surface area contributed by atoms with Gasteiger partial charge >= 0.3 is 0 Å². The molecule has 0 spiro atoms. The molecule has 3 rings (SSSR count). The van der Waals surface area contributed by atoms with Crippen LogP contribution in [-0.4, -0.2) is 16.9 Å². The zero-order chi connectivity index (χ0) is 18.2. The van der Waals surface area contributed by atoms with Gasteiger partial charge in [-0.2, -0.15) is 0 Å². The highest BCUT2D eigenvalue weighted by Gasteiger charge is 2.41. The highest BCUT2D eigenvalue weighted by molar-refractivity contribution is 5.79. The van der Waals surface area contributed by atoms with Crippen molar-refractivity contribution in [2.75, 3.05) is 0 Å². The summed E-state index contributed by atoms with van der Waals surface area (Å²) in [7, 11) is 0. The lowest BCUT2D eigenvalue weighted by Crippen LogP contribution is -2.51. The molecular weight excluding hydrogens is 318 g/mol. The molecule has 0 heterocycles. The minimum atomic E-state index is -0.569. The standard InChI is InChI=1S/C19H27N3O3/c1-19(2,15-6-8-16(9-7-15)22(24)25)21-18(23)14-10-12-4-3-5-13(11-14)17(12)20/h6-9,12-14,17H,3-5,10-11,20H2,1-2H3,(H,21,23). The van der Waals surface area contributed by atoms with Crippen LogP contribution in [0, 0.1) is 27.9 Å². The average molecular weight is 345 g/mol. The number of benzene rings is 1. The maximum atomic E-state index is 12.8. The number of carbonyl (C=O) groups is 1. The van der Waals surface area contributed by atoms with E-state index >= 15 is 0 Å². The van der Waals surface area contributed by atoms with Crippen molar-refractivity contribution in [2.24, 2.45) is 23.5 Å². The average Bonchev–Trinajstić information content (AvgIpc) is 2.54. The summed E-state index contributed by atoms with van der Waals surface area (Å²) in [5, 5.41) is 13.9. The van der Waals surface area contributed by atoms with Gasteiger partial charge in [-0.25, -0.2) is 0 Å². The number of nitrogens with zero attached hydrogens (tertiary/aromatic N) is 1. The molecule has 2 unspecified atom stereocenters. The molecule has 2 aliphatic carbocycles. The smallest absolute Gasteiger partial charge is 0.269 e. The fourth-order valence-corrected chi connectivity index (χ4v) is 4.49. The molecule has 0 saturated heterocycles. The van der Waals surface area contributed by atoms with Crippen LogP contribution in [0.4, 0.5) is 5.69 Å². The van der Waals surface area contributed by atoms with Gasteiger partial charge in [0.25, 0.3) is 5.69 Å². The number of rotatable bonds is 4. The number of hydrogen-bond donors (Lipinski definition) is 2. The largest absolute Gasteiger partial charge is 0.347 e. The van der Waals surface area contributed by atoms with E-state index in [0.717, 1.165) is 31.2 Å². The molecule has 0 aromatic heterocycles. The van der Waals surface area contributed by atoms with E-state index in [1.54, 1.807) is 12.1 Å². The van der Waals surface area contributed by atoms with E-state index in [1.165, 1.54) is 18.6 Å². The van der Waals surface area contributed by atoms with Gasteiger partial charge < -0.3 is 11.1 Å². The van der Waals surface area contributed by atoms with Crippen LogP contribution in [0.5, 0.6) is 0 Å². The second kappa shape index (κ2) is 6.75.